The van der Waals surface area contributed by atoms with E-state index in [1.807, 2.05) is 23.1 Å². The molecule has 1 heterocycles. The van der Waals surface area contributed by atoms with Crippen molar-refractivity contribution in [2.75, 3.05) is 7.11 Å². The molecule has 2 saturated carbocycles. The first-order valence-corrected chi connectivity index (χ1v) is 11.3. The van der Waals surface area contributed by atoms with Crippen LogP contribution in [0.5, 0.6) is 0 Å². The summed E-state index contributed by atoms with van der Waals surface area (Å²) < 4.78 is 45.3. The van der Waals surface area contributed by atoms with E-state index in [2.05, 4.69) is 4.98 Å². The Bertz CT molecular complexity index is 965. The van der Waals surface area contributed by atoms with E-state index in [0.717, 1.165) is 44.2 Å². The Morgan fingerprint density at radius 1 is 1.06 bits per heavy atom. The van der Waals surface area contributed by atoms with Crippen LogP contribution < -0.4 is 0 Å². The molecular formula is C25H29F3N2O3. The molecule has 33 heavy (non-hydrogen) atoms. The predicted octanol–water partition coefficient (Wildman–Crippen LogP) is 4.94. The average Bonchev–Trinajstić information content (AvgIpc) is 3.65. The molecule has 0 unspecified atom stereocenters. The van der Waals surface area contributed by atoms with E-state index in [9.17, 15) is 23.1 Å². The van der Waals surface area contributed by atoms with E-state index in [4.69, 9.17) is 4.74 Å². The highest BCUT2D eigenvalue weighted by molar-refractivity contribution is 5.95. The molecule has 2 fully saturated rings. The molecule has 8 heteroatoms. The van der Waals surface area contributed by atoms with E-state index in [1.54, 1.807) is 13.3 Å². The molecule has 5 nitrogen and oxygen atoms in total. The van der Waals surface area contributed by atoms with Gasteiger partial charge >= 0.3 is 6.18 Å². The van der Waals surface area contributed by atoms with Crippen LogP contribution in [0, 0.1) is 0 Å². The van der Waals surface area contributed by atoms with Gasteiger partial charge in [0, 0.05) is 31.0 Å². The van der Waals surface area contributed by atoms with Crippen LogP contribution in [0.1, 0.15) is 67.1 Å². The quantitative estimate of drug-likeness (QED) is 0.661. The van der Waals surface area contributed by atoms with E-state index >= 15 is 0 Å². The molecule has 4 rings (SSSR count). The van der Waals surface area contributed by atoms with Crippen molar-refractivity contribution in [1.82, 2.24) is 9.88 Å². The Morgan fingerprint density at radius 2 is 1.67 bits per heavy atom. The minimum absolute atomic E-state index is 0.0370. The number of benzene rings is 1. The van der Waals surface area contributed by atoms with Gasteiger partial charge in [0.1, 0.15) is 5.60 Å². The number of amides is 1. The topological polar surface area (TPSA) is 62.7 Å². The third-order valence-corrected chi connectivity index (χ3v) is 7.10. The van der Waals surface area contributed by atoms with E-state index in [-0.39, 0.29) is 23.6 Å². The monoisotopic (exact) mass is 462 g/mol. The second-order valence-electron chi connectivity index (χ2n) is 9.24. The lowest BCUT2D eigenvalue weighted by molar-refractivity contribution is -0.258. The number of pyridine rings is 1. The van der Waals surface area contributed by atoms with Gasteiger partial charge in [0.05, 0.1) is 5.69 Å². The van der Waals surface area contributed by atoms with Gasteiger partial charge in [-0.3, -0.25) is 9.78 Å². The highest BCUT2D eigenvalue weighted by Gasteiger charge is 2.51. The molecular weight excluding hydrogens is 433 g/mol. The Morgan fingerprint density at radius 3 is 2.15 bits per heavy atom. The van der Waals surface area contributed by atoms with Crippen LogP contribution in [0.3, 0.4) is 0 Å². The minimum atomic E-state index is -4.80. The number of nitrogens with zero attached hydrogens (tertiary/aromatic N) is 2. The Hall–Kier alpha value is -2.45. The number of halogens is 3. The molecule has 1 aromatic heterocycles. The van der Waals surface area contributed by atoms with Crippen LogP contribution in [-0.4, -0.2) is 46.3 Å². The first-order chi connectivity index (χ1) is 15.6. The maximum absolute atomic E-state index is 13.4. The van der Waals surface area contributed by atoms with E-state index in [0.29, 0.717) is 12.5 Å². The molecule has 1 aromatic carbocycles. The number of rotatable bonds is 6. The molecule has 2 aromatic rings. The maximum Gasteiger partial charge on any atom is 0.421 e. The zero-order chi connectivity index (χ0) is 23.9. The van der Waals surface area contributed by atoms with Gasteiger partial charge < -0.3 is 14.7 Å². The molecule has 1 amide bonds. The molecule has 2 aliphatic rings. The molecule has 0 radical (unpaired) electrons. The van der Waals surface area contributed by atoms with E-state index < -0.39 is 17.4 Å². The number of carbonyl (C=O) groups excluding carboxylic acids is 1. The summed E-state index contributed by atoms with van der Waals surface area (Å²) in [6.45, 7) is 0.714. The molecule has 0 spiro atoms. The summed E-state index contributed by atoms with van der Waals surface area (Å²) in [5.74, 6) is -0.177. The zero-order valence-corrected chi connectivity index (χ0v) is 18.8. The van der Waals surface area contributed by atoms with Gasteiger partial charge in [-0.05, 0) is 75.3 Å². The van der Waals surface area contributed by atoms with Crippen LogP contribution in [0.25, 0.3) is 0 Å². The summed E-state index contributed by atoms with van der Waals surface area (Å²) in [4.78, 5) is 19.8. The number of hydrogen-bond acceptors (Lipinski definition) is 4. The molecule has 2 aliphatic carbocycles. The Labute approximate surface area is 191 Å². The zero-order valence-electron chi connectivity index (χ0n) is 18.8. The van der Waals surface area contributed by atoms with Crippen molar-refractivity contribution in [3.8, 4) is 0 Å². The number of aromatic nitrogens is 1. The molecule has 0 saturated heterocycles. The number of hydrogen-bond donors (Lipinski definition) is 1. The van der Waals surface area contributed by atoms with Crippen LogP contribution >= 0.6 is 0 Å². The van der Waals surface area contributed by atoms with Gasteiger partial charge in [-0.2, -0.15) is 13.2 Å². The third kappa shape index (κ3) is 4.51. The standard InChI is InChI=1S/C25H29F3N2O3/c1-23(32,25(26,27)28)18-8-6-17(7-9-18)22(31)30(19-10-11-19)20-12-14-24(33-2,15-13-20)21-5-3-4-16-29-21/h3-9,16,19-20,32H,10-15H2,1-2H3/t20?,23-,24?/m0/s1. The lowest BCUT2D eigenvalue weighted by atomic mass is 9.79. The van der Waals surface area contributed by atoms with Gasteiger partial charge in [0.25, 0.3) is 5.91 Å². The minimum Gasteiger partial charge on any atom is -0.376 e. The van der Waals surface area contributed by atoms with Crippen LogP contribution in [0.15, 0.2) is 48.7 Å². The molecule has 1 N–H and O–H groups in total. The largest absolute Gasteiger partial charge is 0.421 e. The van der Waals surface area contributed by atoms with Crippen LogP contribution in [0.2, 0.25) is 0 Å². The summed E-state index contributed by atoms with van der Waals surface area (Å²) in [7, 11) is 1.69. The third-order valence-electron chi connectivity index (χ3n) is 7.10. The number of carbonyl (C=O) groups is 1. The van der Waals surface area contributed by atoms with Gasteiger partial charge in [0.2, 0.25) is 0 Å². The molecule has 178 valence electrons. The fourth-order valence-electron chi connectivity index (χ4n) is 4.78. The lowest BCUT2D eigenvalue weighted by Gasteiger charge is -2.42. The predicted molar refractivity (Wildman–Crippen MR) is 116 cm³/mol. The molecule has 0 bridgehead atoms. The highest BCUT2D eigenvalue weighted by Crippen LogP contribution is 2.43. The number of aliphatic hydroxyl groups is 1. The second kappa shape index (κ2) is 8.72. The summed E-state index contributed by atoms with van der Waals surface area (Å²) in [6.07, 6.45) is 1.78. The number of ether oxygens (including phenoxy) is 1. The average molecular weight is 463 g/mol. The maximum atomic E-state index is 13.4. The van der Waals surface area contributed by atoms with Gasteiger partial charge in [0.15, 0.2) is 5.60 Å². The van der Waals surface area contributed by atoms with Crippen molar-refractivity contribution in [3.05, 3.63) is 65.5 Å². The number of methoxy groups -OCH3 is 1. The van der Waals surface area contributed by atoms with Crippen molar-refractivity contribution in [2.45, 2.75) is 74.9 Å². The normalized spacial score (nSPS) is 25.3. The first kappa shape index (κ1) is 23.7. The Balaban J connectivity index is 1.50. The summed E-state index contributed by atoms with van der Waals surface area (Å²) >= 11 is 0. The van der Waals surface area contributed by atoms with Crippen molar-refractivity contribution in [2.24, 2.45) is 0 Å². The SMILES string of the molecule is COC1(c2ccccn2)CCC(N(C(=O)c2ccc([C@](C)(O)C(F)(F)F)cc2)C2CC2)CC1. The highest BCUT2D eigenvalue weighted by atomic mass is 19.4. The first-order valence-electron chi connectivity index (χ1n) is 11.3. The smallest absolute Gasteiger partial charge is 0.376 e. The lowest BCUT2D eigenvalue weighted by Crippen LogP contribution is -2.47. The van der Waals surface area contributed by atoms with Gasteiger partial charge in [-0.25, -0.2) is 0 Å². The van der Waals surface area contributed by atoms with Gasteiger partial charge in [-0.1, -0.05) is 18.2 Å². The summed E-state index contributed by atoms with van der Waals surface area (Å²) in [6, 6.07) is 11.1. The van der Waals surface area contributed by atoms with E-state index in [1.165, 1.54) is 24.3 Å². The van der Waals surface area contributed by atoms with Crippen molar-refractivity contribution in [3.63, 3.8) is 0 Å². The summed E-state index contributed by atoms with van der Waals surface area (Å²) in [5, 5.41) is 9.89. The van der Waals surface area contributed by atoms with Crippen LogP contribution in [-0.2, 0) is 15.9 Å². The fourth-order valence-corrected chi connectivity index (χ4v) is 4.78. The fraction of sp³-hybridized carbons (Fsp3) is 0.520. The summed E-state index contributed by atoms with van der Waals surface area (Å²) in [5.41, 5.74) is -2.51. The Kier molecular flexibility index (Phi) is 6.26. The van der Waals surface area contributed by atoms with Crippen LogP contribution in [0.4, 0.5) is 13.2 Å². The van der Waals surface area contributed by atoms with Crippen molar-refractivity contribution in [1.29, 1.82) is 0 Å². The van der Waals surface area contributed by atoms with Crippen molar-refractivity contribution >= 4 is 5.91 Å². The molecule has 1 atom stereocenters. The van der Waals surface area contributed by atoms with Crippen molar-refractivity contribution < 1.29 is 27.8 Å². The molecule has 0 aliphatic heterocycles. The number of alkyl halides is 3. The second-order valence-corrected chi connectivity index (χ2v) is 9.24. The van der Waals surface area contributed by atoms with Gasteiger partial charge in [-0.15, -0.1) is 0 Å².